The fraction of sp³-hybridized carbons (Fsp3) is 0.571. The molecule has 0 aliphatic rings. The second kappa shape index (κ2) is 7.45. The van der Waals surface area contributed by atoms with E-state index in [1.807, 2.05) is 32.8 Å². The molecule has 7 heteroatoms. The van der Waals surface area contributed by atoms with Crippen molar-refractivity contribution in [2.24, 2.45) is 5.92 Å². The lowest BCUT2D eigenvalue weighted by Gasteiger charge is -2.26. The van der Waals surface area contributed by atoms with E-state index in [2.05, 4.69) is 0 Å². The minimum Gasteiger partial charge on any atom is -0.398 e. The molecular formula is C14H24ClN3O2S. The van der Waals surface area contributed by atoms with Crippen molar-refractivity contribution < 1.29 is 8.42 Å². The maximum absolute atomic E-state index is 12.9. The minimum absolute atomic E-state index is 0.00562. The number of benzene rings is 1. The molecule has 0 bridgehead atoms. The first-order valence-electron chi connectivity index (χ1n) is 6.85. The molecule has 21 heavy (non-hydrogen) atoms. The van der Waals surface area contributed by atoms with Crippen molar-refractivity contribution in [3.63, 3.8) is 0 Å². The van der Waals surface area contributed by atoms with Crippen LogP contribution in [0, 0.1) is 5.92 Å². The van der Waals surface area contributed by atoms with Gasteiger partial charge in [0.1, 0.15) is 4.90 Å². The Balaban J connectivity index is 3.20. The summed E-state index contributed by atoms with van der Waals surface area (Å²) in [6.45, 7) is 5.43. The SMILES string of the molecule is CC(C)CN(CCN(C)C)S(=O)(=O)c1c(N)cccc1Cl. The van der Waals surface area contributed by atoms with Gasteiger partial charge >= 0.3 is 0 Å². The molecule has 0 heterocycles. The first kappa shape index (κ1) is 18.2. The predicted molar refractivity (Wildman–Crippen MR) is 88.0 cm³/mol. The monoisotopic (exact) mass is 333 g/mol. The largest absolute Gasteiger partial charge is 0.398 e. The van der Waals surface area contributed by atoms with E-state index in [9.17, 15) is 8.42 Å². The average Bonchev–Trinajstić information content (AvgIpc) is 2.33. The van der Waals surface area contributed by atoms with E-state index >= 15 is 0 Å². The fourth-order valence-electron chi connectivity index (χ4n) is 1.96. The molecule has 2 N–H and O–H groups in total. The Kier molecular flexibility index (Phi) is 6.46. The van der Waals surface area contributed by atoms with Gasteiger partial charge in [-0.25, -0.2) is 8.42 Å². The van der Waals surface area contributed by atoms with Crippen molar-refractivity contribution in [2.45, 2.75) is 18.7 Å². The van der Waals surface area contributed by atoms with Gasteiger partial charge in [-0.15, -0.1) is 0 Å². The molecule has 0 aromatic heterocycles. The van der Waals surface area contributed by atoms with Crippen LogP contribution in [0.3, 0.4) is 0 Å². The number of hydrogen-bond acceptors (Lipinski definition) is 4. The zero-order chi connectivity index (χ0) is 16.2. The minimum atomic E-state index is -3.70. The summed E-state index contributed by atoms with van der Waals surface area (Å²) in [6, 6.07) is 4.74. The summed E-state index contributed by atoms with van der Waals surface area (Å²) in [5.41, 5.74) is 6.01. The van der Waals surface area contributed by atoms with Gasteiger partial charge in [-0.1, -0.05) is 31.5 Å². The van der Waals surface area contributed by atoms with Gasteiger partial charge in [0.05, 0.1) is 10.7 Å². The molecule has 0 aliphatic carbocycles. The molecule has 1 rings (SSSR count). The van der Waals surface area contributed by atoms with E-state index in [0.717, 1.165) is 0 Å². The van der Waals surface area contributed by atoms with Crippen LogP contribution in [-0.2, 0) is 10.0 Å². The molecule has 0 unspecified atom stereocenters. The lowest BCUT2D eigenvalue weighted by atomic mass is 10.2. The van der Waals surface area contributed by atoms with Crippen LogP contribution in [0.1, 0.15) is 13.8 Å². The zero-order valence-electron chi connectivity index (χ0n) is 13.0. The van der Waals surface area contributed by atoms with E-state index in [1.54, 1.807) is 18.2 Å². The van der Waals surface area contributed by atoms with Gasteiger partial charge in [-0.05, 0) is 32.1 Å². The van der Waals surface area contributed by atoms with Crippen LogP contribution >= 0.6 is 11.6 Å². The van der Waals surface area contributed by atoms with Crippen LogP contribution < -0.4 is 5.73 Å². The van der Waals surface area contributed by atoms with Crippen molar-refractivity contribution >= 4 is 27.3 Å². The van der Waals surface area contributed by atoms with Gasteiger partial charge in [-0.2, -0.15) is 4.31 Å². The molecule has 120 valence electrons. The topological polar surface area (TPSA) is 66.6 Å². The highest BCUT2D eigenvalue weighted by Crippen LogP contribution is 2.30. The van der Waals surface area contributed by atoms with Gasteiger partial charge < -0.3 is 10.6 Å². The van der Waals surface area contributed by atoms with Gasteiger partial charge in [0.25, 0.3) is 0 Å². The van der Waals surface area contributed by atoms with E-state index in [1.165, 1.54) is 4.31 Å². The van der Waals surface area contributed by atoms with Crippen LogP contribution in [-0.4, -0.2) is 51.4 Å². The van der Waals surface area contributed by atoms with E-state index in [4.69, 9.17) is 17.3 Å². The number of rotatable bonds is 7. The maximum atomic E-state index is 12.9. The zero-order valence-corrected chi connectivity index (χ0v) is 14.6. The Labute approximate surface area is 132 Å². The summed E-state index contributed by atoms with van der Waals surface area (Å²) in [5.74, 6) is 0.214. The third-order valence-electron chi connectivity index (χ3n) is 2.96. The molecule has 1 aromatic carbocycles. The smallest absolute Gasteiger partial charge is 0.246 e. The maximum Gasteiger partial charge on any atom is 0.246 e. The molecule has 0 saturated carbocycles. The summed E-state index contributed by atoms with van der Waals surface area (Å²) in [5, 5.41) is 0.161. The summed E-state index contributed by atoms with van der Waals surface area (Å²) in [6.07, 6.45) is 0. The third kappa shape index (κ3) is 4.85. The summed E-state index contributed by atoms with van der Waals surface area (Å²) in [4.78, 5) is 1.95. The molecule has 1 aromatic rings. The number of nitrogens with two attached hydrogens (primary N) is 1. The number of anilines is 1. The first-order valence-corrected chi connectivity index (χ1v) is 8.67. The molecule has 0 spiro atoms. The summed E-state index contributed by atoms with van der Waals surface area (Å²) < 4.78 is 27.2. The van der Waals surface area contributed by atoms with Gasteiger partial charge in [0.15, 0.2) is 0 Å². The standard InChI is InChI=1S/C14H24ClN3O2S/c1-11(2)10-18(9-8-17(3)4)21(19,20)14-12(15)6-5-7-13(14)16/h5-7,11H,8-10,16H2,1-4H3. The van der Waals surface area contributed by atoms with Gasteiger partial charge in [-0.3, -0.25) is 0 Å². The van der Waals surface area contributed by atoms with Crippen LogP contribution in [0.4, 0.5) is 5.69 Å². The second-order valence-corrected chi connectivity index (χ2v) is 8.00. The lowest BCUT2D eigenvalue weighted by molar-refractivity contribution is 0.313. The Morgan fingerprint density at radius 2 is 1.86 bits per heavy atom. The molecule has 0 fully saturated rings. The van der Waals surface area contributed by atoms with Crippen molar-refractivity contribution in [1.29, 1.82) is 0 Å². The number of halogens is 1. The average molecular weight is 334 g/mol. The highest BCUT2D eigenvalue weighted by Gasteiger charge is 2.29. The Bertz CT molecular complexity index is 553. The lowest BCUT2D eigenvalue weighted by Crippen LogP contribution is -2.39. The molecule has 0 radical (unpaired) electrons. The van der Waals surface area contributed by atoms with E-state index in [-0.39, 0.29) is 21.5 Å². The van der Waals surface area contributed by atoms with Crippen LogP contribution in [0.5, 0.6) is 0 Å². The molecule has 0 saturated heterocycles. The van der Waals surface area contributed by atoms with Crippen molar-refractivity contribution in [1.82, 2.24) is 9.21 Å². The second-order valence-electron chi connectivity index (χ2n) is 5.72. The third-order valence-corrected chi connectivity index (χ3v) is 5.37. The summed E-state index contributed by atoms with van der Waals surface area (Å²) in [7, 11) is 0.110. The molecular weight excluding hydrogens is 310 g/mol. The normalized spacial score (nSPS) is 12.6. The quantitative estimate of drug-likeness (QED) is 0.776. The van der Waals surface area contributed by atoms with Crippen LogP contribution in [0.15, 0.2) is 23.1 Å². The van der Waals surface area contributed by atoms with Gasteiger partial charge in [0.2, 0.25) is 10.0 Å². The molecule has 0 aliphatic heterocycles. The molecule has 0 atom stereocenters. The highest BCUT2D eigenvalue weighted by atomic mass is 35.5. The van der Waals surface area contributed by atoms with Crippen molar-refractivity contribution in [2.75, 3.05) is 39.5 Å². The van der Waals surface area contributed by atoms with E-state index in [0.29, 0.717) is 19.6 Å². The van der Waals surface area contributed by atoms with E-state index < -0.39 is 10.0 Å². The fourth-order valence-corrected chi connectivity index (χ4v) is 4.18. The number of nitrogen functional groups attached to an aromatic ring is 1. The van der Waals surface area contributed by atoms with Gasteiger partial charge in [0, 0.05) is 19.6 Å². The van der Waals surface area contributed by atoms with Crippen molar-refractivity contribution in [3.05, 3.63) is 23.2 Å². The first-order chi connectivity index (χ1) is 9.66. The number of sulfonamides is 1. The predicted octanol–water partition coefficient (Wildman–Crippen LogP) is 2.13. The van der Waals surface area contributed by atoms with Crippen LogP contribution in [0.25, 0.3) is 0 Å². The Hall–Kier alpha value is -0.820. The Morgan fingerprint density at radius 1 is 1.24 bits per heavy atom. The molecule has 5 nitrogen and oxygen atoms in total. The number of nitrogens with zero attached hydrogens (tertiary/aromatic N) is 2. The molecule has 0 amide bonds. The summed E-state index contributed by atoms with van der Waals surface area (Å²) >= 11 is 6.06. The number of hydrogen-bond donors (Lipinski definition) is 1. The Morgan fingerprint density at radius 3 is 2.33 bits per heavy atom. The number of likely N-dealkylation sites (N-methyl/N-ethyl adjacent to an activating group) is 1. The highest BCUT2D eigenvalue weighted by molar-refractivity contribution is 7.89. The van der Waals surface area contributed by atoms with Crippen molar-refractivity contribution in [3.8, 4) is 0 Å². The van der Waals surface area contributed by atoms with Crippen LogP contribution in [0.2, 0.25) is 5.02 Å².